The van der Waals surface area contributed by atoms with Crippen molar-refractivity contribution in [2.24, 2.45) is 0 Å². The van der Waals surface area contributed by atoms with Crippen molar-refractivity contribution in [2.75, 3.05) is 4.90 Å². The lowest BCUT2D eigenvalue weighted by atomic mass is 10.1. The van der Waals surface area contributed by atoms with E-state index in [-0.39, 0.29) is 5.91 Å². The van der Waals surface area contributed by atoms with E-state index in [9.17, 15) is 4.79 Å². The number of carbonyl (C=O) groups is 1. The molecule has 0 unspecified atom stereocenters. The van der Waals surface area contributed by atoms with Crippen LogP contribution in [0.5, 0.6) is 0 Å². The molecule has 1 aromatic heterocycles. The maximum atomic E-state index is 13.3. The minimum atomic E-state index is -0.0649. The van der Waals surface area contributed by atoms with E-state index in [2.05, 4.69) is 54.0 Å². The molecule has 3 nitrogen and oxygen atoms in total. The van der Waals surface area contributed by atoms with Gasteiger partial charge in [0.25, 0.3) is 5.91 Å². The van der Waals surface area contributed by atoms with Crippen molar-refractivity contribution in [1.29, 1.82) is 0 Å². The Balaban J connectivity index is 1.58. The predicted molar refractivity (Wildman–Crippen MR) is 139 cm³/mol. The largest absolute Gasteiger partial charge is 0.340 e. The minimum absolute atomic E-state index is 0.0649. The van der Waals surface area contributed by atoms with Gasteiger partial charge < -0.3 is 4.57 Å². The molecule has 158 valence electrons. The number of thiocarbonyl (C=S) groups is 1. The van der Waals surface area contributed by atoms with Crippen LogP contribution >= 0.6 is 24.0 Å². The summed E-state index contributed by atoms with van der Waals surface area (Å²) in [4.78, 5) is 15.6. The Morgan fingerprint density at radius 1 is 0.938 bits per heavy atom. The molecular formula is C27H22N2OS2. The van der Waals surface area contributed by atoms with E-state index in [0.29, 0.717) is 9.23 Å². The van der Waals surface area contributed by atoms with Gasteiger partial charge in [0.2, 0.25) is 0 Å². The Bertz CT molecular complexity index is 1390. The van der Waals surface area contributed by atoms with E-state index in [4.69, 9.17) is 12.2 Å². The van der Waals surface area contributed by atoms with Gasteiger partial charge in [-0.3, -0.25) is 9.69 Å². The molecule has 0 saturated carbocycles. The number of benzene rings is 3. The summed E-state index contributed by atoms with van der Waals surface area (Å²) in [6.45, 7) is 4.92. The minimum Gasteiger partial charge on any atom is -0.340 e. The molecule has 2 heterocycles. The van der Waals surface area contributed by atoms with Crippen molar-refractivity contribution < 1.29 is 4.79 Å². The van der Waals surface area contributed by atoms with Gasteiger partial charge in [0, 0.05) is 28.7 Å². The summed E-state index contributed by atoms with van der Waals surface area (Å²) in [7, 11) is 0. The number of aryl methyl sites for hydroxylation is 1. The third kappa shape index (κ3) is 3.68. The molecule has 1 saturated heterocycles. The number of anilines is 1. The molecular weight excluding hydrogens is 432 g/mol. The second-order valence-electron chi connectivity index (χ2n) is 7.94. The molecule has 1 amide bonds. The number of hydrogen-bond donors (Lipinski definition) is 0. The molecule has 1 aliphatic heterocycles. The summed E-state index contributed by atoms with van der Waals surface area (Å²) in [5.41, 5.74) is 6.53. The number of aromatic nitrogens is 1. The first-order valence-electron chi connectivity index (χ1n) is 10.5. The molecule has 0 N–H and O–H groups in total. The number of fused-ring (bicyclic) bond motifs is 1. The highest BCUT2D eigenvalue weighted by atomic mass is 32.2. The van der Waals surface area contributed by atoms with Crippen LogP contribution < -0.4 is 4.90 Å². The van der Waals surface area contributed by atoms with E-state index < -0.39 is 0 Å². The zero-order valence-electron chi connectivity index (χ0n) is 17.9. The highest BCUT2D eigenvalue weighted by molar-refractivity contribution is 8.27. The van der Waals surface area contributed by atoms with Crippen LogP contribution in [0.2, 0.25) is 0 Å². The van der Waals surface area contributed by atoms with Crippen molar-refractivity contribution in [3.8, 4) is 0 Å². The molecule has 0 aliphatic carbocycles. The van der Waals surface area contributed by atoms with E-state index in [1.165, 1.54) is 17.3 Å². The molecule has 0 radical (unpaired) electrons. The van der Waals surface area contributed by atoms with Crippen molar-refractivity contribution in [3.05, 3.63) is 106 Å². The zero-order chi connectivity index (χ0) is 22.2. The summed E-state index contributed by atoms with van der Waals surface area (Å²) >= 11 is 6.95. The SMILES string of the molecule is Cc1cccc(N2C(=O)/C(=C\c3c(C)n(Cc4ccccc4)c4ccccc34)SC2=S)c1. The zero-order valence-corrected chi connectivity index (χ0v) is 19.5. The normalized spacial score (nSPS) is 15.3. The summed E-state index contributed by atoms with van der Waals surface area (Å²) < 4.78 is 2.88. The van der Waals surface area contributed by atoms with Crippen LogP contribution in [0.25, 0.3) is 17.0 Å². The number of para-hydroxylation sites is 1. The first kappa shape index (κ1) is 20.7. The van der Waals surface area contributed by atoms with Gasteiger partial charge >= 0.3 is 0 Å². The van der Waals surface area contributed by atoms with Crippen LogP contribution in [-0.4, -0.2) is 14.8 Å². The third-order valence-electron chi connectivity index (χ3n) is 5.79. The summed E-state index contributed by atoms with van der Waals surface area (Å²) in [6, 6.07) is 26.7. The Kier molecular flexibility index (Phi) is 5.45. The lowest BCUT2D eigenvalue weighted by molar-refractivity contribution is -0.113. The van der Waals surface area contributed by atoms with Crippen LogP contribution in [0.15, 0.2) is 83.8 Å². The van der Waals surface area contributed by atoms with Crippen molar-refractivity contribution >= 4 is 56.9 Å². The molecule has 32 heavy (non-hydrogen) atoms. The smallest absolute Gasteiger partial charge is 0.270 e. The summed E-state index contributed by atoms with van der Waals surface area (Å²) in [5, 5.41) is 1.14. The quantitative estimate of drug-likeness (QED) is 0.253. The van der Waals surface area contributed by atoms with Gasteiger partial charge in [0.15, 0.2) is 4.32 Å². The second kappa shape index (κ2) is 8.41. The first-order valence-corrected chi connectivity index (χ1v) is 11.7. The third-order valence-corrected chi connectivity index (χ3v) is 7.09. The lowest BCUT2D eigenvalue weighted by Crippen LogP contribution is -2.27. The number of carbonyl (C=O) groups excluding carboxylic acids is 1. The van der Waals surface area contributed by atoms with Crippen LogP contribution in [0, 0.1) is 13.8 Å². The molecule has 5 rings (SSSR count). The van der Waals surface area contributed by atoms with Crippen LogP contribution in [0.3, 0.4) is 0 Å². The fraction of sp³-hybridized carbons (Fsp3) is 0.111. The first-order chi connectivity index (χ1) is 15.5. The van der Waals surface area contributed by atoms with Crippen molar-refractivity contribution in [2.45, 2.75) is 20.4 Å². The molecule has 0 bridgehead atoms. The molecule has 1 fully saturated rings. The van der Waals surface area contributed by atoms with Crippen LogP contribution in [0.4, 0.5) is 5.69 Å². The van der Waals surface area contributed by atoms with E-state index in [0.717, 1.165) is 40.0 Å². The predicted octanol–water partition coefficient (Wildman–Crippen LogP) is 6.71. The van der Waals surface area contributed by atoms with Gasteiger partial charge in [-0.25, -0.2) is 0 Å². The Morgan fingerprint density at radius 2 is 1.69 bits per heavy atom. The van der Waals surface area contributed by atoms with Gasteiger partial charge in [-0.2, -0.15) is 0 Å². The molecule has 4 aromatic rings. The molecule has 1 aliphatic rings. The number of rotatable bonds is 4. The van der Waals surface area contributed by atoms with E-state index in [1.54, 1.807) is 4.90 Å². The summed E-state index contributed by atoms with van der Waals surface area (Å²) in [6.07, 6.45) is 2.01. The van der Waals surface area contributed by atoms with E-state index in [1.807, 2.05) is 49.4 Å². The number of amides is 1. The van der Waals surface area contributed by atoms with Crippen molar-refractivity contribution in [3.63, 3.8) is 0 Å². The molecule has 0 atom stereocenters. The van der Waals surface area contributed by atoms with Gasteiger partial charge in [-0.05, 0) is 49.2 Å². The van der Waals surface area contributed by atoms with Gasteiger partial charge in [-0.15, -0.1) is 0 Å². The fourth-order valence-electron chi connectivity index (χ4n) is 4.20. The molecule has 3 aromatic carbocycles. The number of nitrogens with zero attached hydrogens (tertiary/aromatic N) is 2. The van der Waals surface area contributed by atoms with Crippen molar-refractivity contribution in [1.82, 2.24) is 4.57 Å². The molecule has 5 heteroatoms. The van der Waals surface area contributed by atoms with Gasteiger partial charge in [0.05, 0.1) is 10.6 Å². The molecule has 0 spiro atoms. The Labute approximate surface area is 197 Å². The number of hydrogen-bond acceptors (Lipinski definition) is 3. The number of thioether (sulfide) groups is 1. The van der Waals surface area contributed by atoms with Crippen LogP contribution in [-0.2, 0) is 11.3 Å². The van der Waals surface area contributed by atoms with Gasteiger partial charge in [-0.1, -0.05) is 84.6 Å². The Morgan fingerprint density at radius 3 is 2.47 bits per heavy atom. The maximum absolute atomic E-state index is 13.3. The monoisotopic (exact) mass is 454 g/mol. The standard InChI is InChI=1S/C27H22N2OS2/c1-18-9-8-12-21(15-18)29-26(30)25(32-27(29)31)16-23-19(2)28(17-20-10-4-3-5-11-20)24-14-7-6-13-22(23)24/h3-16H,17H2,1-2H3/b25-16+. The van der Waals surface area contributed by atoms with Crippen LogP contribution in [0.1, 0.15) is 22.4 Å². The maximum Gasteiger partial charge on any atom is 0.270 e. The second-order valence-corrected chi connectivity index (χ2v) is 9.62. The highest BCUT2D eigenvalue weighted by Crippen LogP contribution is 2.38. The topological polar surface area (TPSA) is 25.2 Å². The van der Waals surface area contributed by atoms with E-state index >= 15 is 0 Å². The fourth-order valence-corrected chi connectivity index (χ4v) is 5.48. The summed E-state index contributed by atoms with van der Waals surface area (Å²) in [5.74, 6) is -0.0649. The highest BCUT2D eigenvalue weighted by Gasteiger charge is 2.33. The lowest BCUT2D eigenvalue weighted by Gasteiger charge is -2.14. The average Bonchev–Trinajstić information content (AvgIpc) is 3.22. The Hall–Kier alpha value is -3.15. The van der Waals surface area contributed by atoms with Gasteiger partial charge in [0.1, 0.15) is 0 Å². The average molecular weight is 455 g/mol.